The molecular formula is C32H67NO2. The summed E-state index contributed by atoms with van der Waals surface area (Å²) >= 11 is 0. The fourth-order valence-electron chi connectivity index (χ4n) is 4.89. The molecule has 0 aliphatic heterocycles. The molecule has 0 bridgehead atoms. The molecule has 0 N–H and O–H groups in total. The summed E-state index contributed by atoms with van der Waals surface area (Å²) in [6, 6.07) is 0. The van der Waals surface area contributed by atoms with Gasteiger partial charge < -0.3 is 14.4 Å². The van der Waals surface area contributed by atoms with Gasteiger partial charge in [-0.3, -0.25) is 0 Å². The van der Waals surface area contributed by atoms with Crippen molar-refractivity contribution in [1.82, 2.24) is 0 Å². The zero-order valence-corrected chi connectivity index (χ0v) is 25.1. The average Bonchev–Trinajstić information content (AvgIpc) is 2.83. The predicted octanol–water partition coefficient (Wildman–Crippen LogP) is 9.22. The first-order chi connectivity index (χ1) is 17.0. The Balaban J connectivity index is 0. The van der Waals surface area contributed by atoms with Gasteiger partial charge in [-0.15, -0.1) is 0 Å². The van der Waals surface area contributed by atoms with Crippen molar-refractivity contribution < 1.29 is 14.4 Å². The second-order valence-corrected chi connectivity index (χ2v) is 11.3. The smallest absolute Gasteiger partial charge is 0.0784 e. The van der Waals surface area contributed by atoms with E-state index in [9.17, 15) is 9.90 Å². The van der Waals surface area contributed by atoms with Crippen LogP contribution in [0, 0.1) is 0 Å². The number of hydrogen-bond donors (Lipinski definition) is 0. The molecule has 212 valence electrons. The SMILES string of the molecule is CCCC(=O)[O-].CCCCCCCCC[N+](C)(CCCCCCCCC)CCCCCCCCC. The highest BCUT2D eigenvalue weighted by Gasteiger charge is 2.20. The van der Waals surface area contributed by atoms with Crippen LogP contribution in [0.2, 0.25) is 0 Å². The fourth-order valence-corrected chi connectivity index (χ4v) is 4.89. The molecule has 0 radical (unpaired) electrons. The largest absolute Gasteiger partial charge is 0.550 e. The number of hydrogen-bond acceptors (Lipinski definition) is 2. The van der Waals surface area contributed by atoms with Crippen LogP contribution in [0.1, 0.15) is 175 Å². The molecular weight excluding hydrogens is 430 g/mol. The van der Waals surface area contributed by atoms with E-state index in [2.05, 4.69) is 27.8 Å². The van der Waals surface area contributed by atoms with Crippen LogP contribution in [0.15, 0.2) is 0 Å². The van der Waals surface area contributed by atoms with Crippen molar-refractivity contribution in [2.24, 2.45) is 0 Å². The quantitative estimate of drug-likeness (QED) is 0.0882. The van der Waals surface area contributed by atoms with Crippen molar-refractivity contribution in [3.8, 4) is 0 Å². The molecule has 0 aromatic carbocycles. The van der Waals surface area contributed by atoms with E-state index in [0.717, 1.165) is 0 Å². The zero-order valence-electron chi connectivity index (χ0n) is 25.1. The number of aliphatic carboxylic acids is 1. The van der Waals surface area contributed by atoms with Crippen molar-refractivity contribution >= 4 is 5.97 Å². The monoisotopic (exact) mass is 498 g/mol. The van der Waals surface area contributed by atoms with E-state index in [0.29, 0.717) is 6.42 Å². The van der Waals surface area contributed by atoms with Crippen LogP contribution in [0.5, 0.6) is 0 Å². The van der Waals surface area contributed by atoms with E-state index in [1.54, 1.807) is 6.92 Å². The zero-order chi connectivity index (χ0) is 26.5. The standard InChI is InChI=1S/C28H60N.C4H8O2/c1-5-8-11-14-17-20-23-26-29(4,27-24-21-18-15-12-9-6-2)28-25-22-19-16-13-10-7-3;1-2-3-4(5)6/h5-28H2,1-4H3;2-3H2,1H3,(H,5,6)/q+1;/p-1. The van der Waals surface area contributed by atoms with Gasteiger partial charge in [0, 0.05) is 5.97 Å². The maximum Gasteiger partial charge on any atom is 0.0784 e. The number of unbranched alkanes of at least 4 members (excludes halogenated alkanes) is 18. The molecule has 3 nitrogen and oxygen atoms in total. The van der Waals surface area contributed by atoms with Crippen LogP contribution in [0.3, 0.4) is 0 Å². The first-order valence-corrected chi connectivity index (χ1v) is 16.0. The van der Waals surface area contributed by atoms with Gasteiger partial charge in [0.25, 0.3) is 0 Å². The normalized spacial score (nSPS) is 11.3. The van der Waals surface area contributed by atoms with Gasteiger partial charge in [-0.05, 0) is 44.9 Å². The van der Waals surface area contributed by atoms with E-state index in [1.165, 1.54) is 159 Å². The Labute approximate surface area is 222 Å². The van der Waals surface area contributed by atoms with Crippen molar-refractivity contribution in [1.29, 1.82) is 0 Å². The van der Waals surface area contributed by atoms with Gasteiger partial charge in [0.15, 0.2) is 0 Å². The number of carboxylic acid groups (broad SMARTS) is 1. The van der Waals surface area contributed by atoms with Crippen LogP contribution in [-0.2, 0) is 4.79 Å². The molecule has 0 unspecified atom stereocenters. The van der Waals surface area contributed by atoms with Crippen molar-refractivity contribution in [3.63, 3.8) is 0 Å². The van der Waals surface area contributed by atoms with Crippen LogP contribution in [-0.4, -0.2) is 37.1 Å². The number of quaternary nitrogens is 1. The highest BCUT2D eigenvalue weighted by Crippen LogP contribution is 2.16. The number of carboxylic acids is 1. The number of carbonyl (C=O) groups is 1. The average molecular weight is 498 g/mol. The minimum atomic E-state index is -0.961. The summed E-state index contributed by atoms with van der Waals surface area (Å²) in [6.45, 7) is 13.0. The van der Waals surface area contributed by atoms with Crippen molar-refractivity contribution in [2.75, 3.05) is 26.7 Å². The molecule has 0 atom stereocenters. The van der Waals surface area contributed by atoms with Gasteiger partial charge in [0.2, 0.25) is 0 Å². The summed E-state index contributed by atoms with van der Waals surface area (Å²) in [5.41, 5.74) is 0. The summed E-state index contributed by atoms with van der Waals surface area (Å²) < 4.78 is 1.36. The number of carbonyl (C=O) groups excluding carboxylic acids is 1. The van der Waals surface area contributed by atoms with Crippen LogP contribution < -0.4 is 5.11 Å². The van der Waals surface area contributed by atoms with Crippen molar-refractivity contribution in [2.45, 2.75) is 175 Å². The lowest BCUT2D eigenvalue weighted by Gasteiger charge is -2.35. The van der Waals surface area contributed by atoms with Gasteiger partial charge in [-0.1, -0.05) is 130 Å². The van der Waals surface area contributed by atoms with Crippen molar-refractivity contribution in [3.05, 3.63) is 0 Å². The molecule has 3 heteroatoms. The van der Waals surface area contributed by atoms with E-state index in [-0.39, 0.29) is 6.42 Å². The summed E-state index contributed by atoms with van der Waals surface area (Å²) in [5, 5.41) is 9.49. The first-order valence-electron chi connectivity index (χ1n) is 16.0. The maximum absolute atomic E-state index is 9.49. The Morgan fingerprint density at radius 2 is 0.714 bits per heavy atom. The molecule has 0 spiro atoms. The highest BCUT2D eigenvalue weighted by molar-refractivity contribution is 5.63. The lowest BCUT2D eigenvalue weighted by Crippen LogP contribution is -2.46. The fraction of sp³-hybridized carbons (Fsp3) is 0.969. The second kappa shape index (κ2) is 29.7. The molecule has 0 aliphatic rings. The molecule has 0 amide bonds. The summed E-state index contributed by atoms with van der Waals surface area (Å²) in [7, 11) is 2.57. The molecule has 0 saturated carbocycles. The molecule has 0 aromatic rings. The van der Waals surface area contributed by atoms with Gasteiger partial charge in [0.05, 0.1) is 26.7 Å². The third-order valence-corrected chi connectivity index (χ3v) is 7.36. The van der Waals surface area contributed by atoms with Gasteiger partial charge in [-0.25, -0.2) is 0 Å². The minimum absolute atomic E-state index is 0.181. The highest BCUT2D eigenvalue weighted by atomic mass is 16.4. The number of rotatable bonds is 26. The summed E-state index contributed by atoms with van der Waals surface area (Å²) in [5.74, 6) is -0.961. The molecule has 0 aliphatic carbocycles. The van der Waals surface area contributed by atoms with Gasteiger partial charge in [0.1, 0.15) is 0 Å². The number of nitrogens with zero attached hydrogens (tertiary/aromatic N) is 1. The van der Waals surface area contributed by atoms with E-state index >= 15 is 0 Å². The Kier molecular flexibility index (Phi) is 31.0. The molecule has 0 aromatic heterocycles. The summed E-state index contributed by atoms with van der Waals surface area (Å²) in [4.78, 5) is 9.49. The lowest BCUT2D eigenvalue weighted by molar-refractivity contribution is -0.910. The van der Waals surface area contributed by atoms with E-state index < -0.39 is 5.97 Å². The van der Waals surface area contributed by atoms with Crippen LogP contribution in [0.4, 0.5) is 0 Å². The summed E-state index contributed by atoms with van der Waals surface area (Å²) in [6.07, 6.45) is 31.2. The Morgan fingerprint density at radius 1 is 0.457 bits per heavy atom. The topological polar surface area (TPSA) is 40.1 Å². The molecule has 35 heavy (non-hydrogen) atoms. The predicted molar refractivity (Wildman–Crippen MR) is 155 cm³/mol. The Bertz CT molecular complexity index is 365. The Hall–Kier alpha value is -0.570. The Morgan fingerprint density at radius 3 is 0.914 bits per heavy atom. The first kappa shape index (κ1) is 36.6. The van der Waals surface area contributed by atoms with Gasteiger partial charge in [-0.2, -0.15) is 0 Å². The third-order valence-electron chi connectivity index (χ3n) is 7.36. The van der Waals surface area contributed by atoms with Crippen LogP contribution >= 0.6 is 0 Å². The molecule has 0 saturated heterocycles. The maximum atomic E-state index is 9.49. The van der Waals surface area contributed by atoms with Crippen LogP contribution in [0.25, 0.3) is 0 Å². The minimum Gasteiger partial charge on any atom is -0.550 e. The third kappa shape index (κ3) is 31.4. The molecule has 0 rings (SSSR count). The molecule has 0 heterocycles. The molecule has 0 fully saturated rings. The van der Waals surface area contributed by atoms with E-state index in [1.807, 2.05) is 0 Å². The van der Waals surface area contributed by atoms with E-state index in [4.69, 9.17) is 0 Å². The lowest BCUT2D eigenvalue weighted by atomic mass is 10.1. The van der Waals surface area contributed by atoms with Gasteiger partial charge >= 0.3 is 0 Å². The second-order valence-electron chi connectivity index (χ2n) is 11.3.